The number of carbonyl (C=O) groups excluding carboxylic acids is 1. The highest BCUT2D eigenvalue weighted by molar-refractivity contribution is 7.13. The molecule has 0 saturated carbocycles. The van der Waals surface area contributed by atoms with Crippen molar-refractivity contribution >= 4 is 28.3 Å². The fourth-order valence-corrected chi connectivity index (χ4v) is 4.68. The lowest BCUT2D eigenvalue weighted by Crippen LogP contribution is -2.49. The Kier molecular flexibility index (Phi) is 5.29. The Labute approximate surface area is 179 Å². The second-order valence-electron chi connectivity index (χ2n) is 7.53. The summed E-state index contributed by atoms with van der Waals surface area (Å²) >= 11 is 1.69. The van der Waals surface area contributed by atoms with Crippen LogP contribution in [0.4, 0.5) is 0 Å². The molecule has 3 heterocycles. The van der Waals surface area contributed by atoms with Gasteiger partial charge in [-0.2, -0.15) is 0 Å². The molecule has 5 rings (SSSR count). The number of hydrogen-bond acceptors (Lipinski definition) is 5. The SMILES string of the molecule is O=C(Cn1cnc2ccccc21)N1CCN(Cc2csc(-c3ccccc3)n2)CC1. The first-order valence-corrected chi connectivity index (χ1v) is 11.0. The Bertz CT molecular complexity index is 1140. The van der Waals surface area contributed by atoms with E-state index in [1.807, 2.05) is 51.9 Å². The van der Waals surface area contributed by atoms with Gasteiger partial charge in [0.05, 0.1) is 23.1 Å². The Morgan fingerprint density at radius 2 is 1.73 bits per heavy atom. The van der Waals surface area contributed by atoms with Gasteiger partial charge in [0, 0.05) is 43.7 Å². The van der Waals surface area contributed by atoms with Crippen LogP contribution in [-0.4, -0.2) is 56.4 Å². The third-order valence-corrected chi connectivity index (χ3v) is 6.46. The molecule has 0 N–H and O–H groups in total. The van der Waals surface area contributed by atoms with Crippen LogP contribution in [0, 0.1) is 0 Å². The van der Waals surface area contributed by atoms with Gasteiger partial charge < -0.3 is 9.47 Å². The number of rotatable bonds is 5. The van der Waals surface area contributed by atoms with Crippen molar-refractivity contribution in [1.82, 2.24) is 24.3 Å². The number of piperazine rings is 1. The standard InChI is InChI=1S/C23H23N5OS/c29-22(15-28-17-24-20-8-4-5-9-21(20)28)27-12-10-26(11-13-27)14-19-16-30-23(25-19)18-6-2-1-3-7-18/h1-9,16-17H,10-15H2. The maximum atomic E-state index is 12.8. The van der Waals surface area contributed by atoms with Gasteiger partial charge in [0.2, 0.25) is 5.91 Å². The summed E-state index contributed by atoms with van der Waals surface area (Å²) in [5.41, 5.74) is 4.19. The summed E-state index contributed by atoms with van der Waals surface area (Å²) in [5, 5.41) is 3.20. The molecule has 0 aliphatic carbocycles. The van der Waals surface area contributed by atoms with Crippen molar-refractivity contribution < 1.29 is 4.79 Å². The highest BCUT2D eigenvalue weighted by Crippen LogP contribution is 2.24. The van der Waals surface area contributed by atoms with Crippen LogP contribution in [0.1, 0.15) is 5.69 Å². The smallest absolute Gasteiger partial charge is 0.242 e. The Balaban J connectivity index is 1.16. The monoisotopic (exact) mass is 417 g/mol. The number of aromatic nitrogens is 3. The number of carbonyl (C=O) groups is 1. The van der Waals surface area contributed by atoms with Gasteiger partial charge >= 0.3 is 0 Å². The highest BCUT2D eigenvalue weighted by atomic mass is 32.1. The van der Waals surface area contributed by atoms with Crippen molar-refractivity contribution in [1.29, 1.82) is 0 Å². The van der Waals surface area contributed by atoms with E-state index in [4.69, 9.17) is 4.98 Å². The molecule has 30 heavy (non-hydrogen) atoms. The number of fused-ring (bicyclic) bond motifs is 1. The predicted octanol–water partition coefficient (Wildman–Crippen LogP) is 3.50. The van der Waals surface area contributed by atoms with E-state index in [1.54, 1.807) is 17.7 Å². The van der Waals surface area contributed by atoms with Crippen LogP contribution < -0.4 is 0 Å². The number of nitrogens with zero attached hydrogens (tertiary/aromatic N) is 5. The maximum absolute atomic E-state index is 12.8. The van der Waals surface area contributed by atoms with E-state index in [1.165, 1.54) is 0 Å². The van der Waals surface area contributed by atoms with Crippen molar-refractivity contribution in [3.63, 3.8) is 0 Å². The fraction of sp³-hybridized carbons (Fsp3) is 0.261. The molecule has 152 valence electrons. The topological polar surface area (TPSA) is 54.3 Å². The molecule has 0 spiro atoms. The second-order valence-corrected chi connectivity index (χ2v) is 8.39. The van der Waals surface area contributed by atoms with E-state index in [-0.39, 0.29) is 5.91 Å². The summed E-state index contributed by atoms with van der Waals surface area (Å²) in [6, 6.07) is 18.2. The number of hydrogen-bond donors (Lipinski definition) is 0. The second kappa shape index (κ2) is 8.38. The minimum absolute atomic E-state index is 0.151. The summed E-state index contributed by atoms with van der Waals surface area (Å²) in [6.45, 7) is 4.41. The molecule has 2 aromatic carbocycles. The van der Waals surface area contributed by atoms with Gasteiger partial charge in [-0.3, -0.25) is 9.69 Å². The van der Waals surface area contributed by atoms with Crippen LogP contribution in [0.2, 0.25) is 0 Å². The van der Waals surface area contributed by atoms with E-state index in [2.05, 4.69) is 27.4 Å². The molecule has 0 bridgehead atoms. The van der Waals surface area contributed by atoms with Crippen LogP contribution in [-0.2, 0) is 17.9 Å². The quantitative estimate of drug-likeness (QED) is 0.499. The largest absolute Gasteiger partial charge is 0.339 e. The lowest BCUT2D eigenvalue weighted by atomic mass is 10.2. The molecule has 1 saturated heterocycles. The van der Waals surface area contributed by atoms with Gasteiger partial charge in [0.25, 0.3) is 0 Å². The van der Waals surface area contributed by atoms with Gasteiger partial charge in [-0.05, 0) is 12.1 Å². The first kappa shape index (κ1) is 19.0. The van der Waals surface area contributed by atoms with E-state index in [0.29, 0.717) is 6.54 Å². The number of amides is 1. The summed E-state index contributed by atoms with van der Waals surface area (Å²) in [5.74, 6) is 0.151. The molecule has 1 aliphatic heterocycles. The molecule has 7 heteroatoms. The maximum Gasteiger partial charge on any atom is 0.242 e. The van der Waals surface area contributed by atoms with E-state index < -0.39 is 0 Å². The zero-order valence-corrected chi connectivity index (χ0v) is 17.5. The van der Waals surface area contributed by atoms with Crippen LogP contribution in [0.25, 0.3) is 21.6 Å². The van der Waals surface area contributed by atoms with Crippen molar-refractivity contribution in [2.75, 3.05) is 26.2 Å². The van der Waals surface area contributed by atoms with Gasteiger partial charge in [0.15, 0.2) is 0 Å². The van der Waals surface area contributed by atoms with Crippen molar-refractivity contribution in [2.45, 2.75) is 13.1 Å². The highest BCUT2D eigenvalue weighted by Gasteiger charge is 2.22. The molecule has 2 aromatic heterocycles. The van der Waals surface area contributed by atoms with Crippen molar-refractivity contribution in [3.05, 3.63) is 72.0 Å². The minimum atomic E-state index is 0.151. The van der Waals surface area contributed by atoms with Gasteiger partial charge in [-0.25, -0.2) is 9.97 Å². The van der Waals surface area contributed by atoms with E-state index in [9.17, 15) is 4.79 Å². The molecule has 6 nitrogen and oxygen atoms in total. The summed E-state index contributed by atoms with van der Waals surface area (Å²) in [4.78, 5) is 26.3. The molecule has 1 amide bonds. The average Bonchev–Trinajstić information content (AvgIpc) is 3.42. The summed E-state index contributed by atoms with van der Waals surface area (Å²) < 4.78 is 1.93. The number of thiazole rings is 1. The normalized spacial score (nSPS) is 15.0. The summed E-state index contributed by atoms with van der Waals surface area (Å²) in [7, 11) is 0. The zero-order valence-electron chi connectivity index (χ0n) is 16.6. The van der Waals surface area contributed by atoms with E-state index >= 15 is 0 Å². The van der Waals surface area contributed by atoms with Crippen molar-refractivity contribution in [2.24, 2.45) is 0 Å². The Hall–Kier alpha value is -3.03. The first-order valence-electron chi connectivity index (χ1n) is 10.2. The number of benzene rings is 2. The van der Waals surface area contributed by atoms with Crippen LogP contribution in [0.15, 0.2) is 66.3 Å². The molecule has 0 atom stereocenters. The third kappa shape index (κ3) is 3.99. The fourth-order valence-electron chi connectivity index (χ4n) is 3.86. The predicted molar refractivity (Wildman–Crippen MR) is 119 cm³/mol. The molecule has 0 radical (unpaired) electrons. The van der Waals surface area contributed by atoms with Gasteiger partial charge in [-0.1, -0.05) is 42.5 Å². The number of para-hydroxylation sites is 2. The van der Waals surface area contributed by atoms with Crippen LogP contribution in [0.3, 0.4) is 0 Å². The molecule has 1 aliphatic rings. The molecule has 4 aromatic rings. The first-order chi connectivity index (χ1) is 14.8. The third-order valence-electron chi connectivity index (χ3n) is 5.52. The molecule has 0 unspecified atom stereocenters. The molecular weight excluding hydrogens is 394 g/mol. The Morgan fingerprint density at radius 1 is 0.967 bits per heavy atom. The van der Waals surface area contributed by atoms with Gasteiger partial charge in [0.1, 0.15) is 11.6 Å². The number of imidazole rings is 1. The van der Waals surface area contributed by atoms with Gasteiger partial charge in [-0.15, -0.1) is 11.3 Å². The van der Waals surface area contributed by atoms with Crippen molar-refractivity contribution in [3.8, 4) is 10.6 Å². The zero-order chi connectivity index (χ0) is 20.3. The molecular formula is C23H23N5OS. The van der Waals surface area contributed by atoms with E-state index in [0.717, 1.165) is 60.0 Å². The molecule has 1 fully saturated rings. The lowest BCUT2D eigenvalue weighted by molar-refractivity contribution is -0.133. The summed E-state index contributed by atoms with van der Waals surface area (Å²) in [6.07, 6.45) is 1.76. The lowest BCUT2D eigenvalue weighted by Gasteiger charge is -2.34. The van der Waals surface area contributed by atoms with Crippen LogP contribution >= 0.6 is 11.3 Å². The van der Waals surface area contributed by atoms with Crippen LogP contribution in [0.5, 0.6) is 0 Å². The Morgan fingerprint density at radius 3 is 2.57 bits per heavy atom. The average molecular weight is 418 g/mol. The minimum Gasteiger partial charge on any atom is -0.339 e.